The number of benzene rings is 1. The van der Waals surface area contributed by atoms with Crippen molar-refractivity contribution < 1.29 is 22.7 Å². The lowest BCUT2D eigenvalue weighted by Crippen LogP contribution is -2.40. The first-order chi connectivity index (χ1) is 14.9. The van der Waals surface area contributed by atoms with E-state index in [1.165, 1.54) is 33.5 Å². The lowest BCUT2D eigenvalue weighted by atomic mass is 10.2. The van der Waals surface area contributed by atoms with Crippen molar-refractivity contribution >= 4 is 49.8 Å². The summed E-state index contributed by atoms with van der Waals surface area (Å²) in [7, 11) is -2.03. The lowest BCUT2D eigenvalue weighted by Gasteiger charge is -2.26. The molecule has 3 rings (SSSR count). The number of morpholine rings is 1. The molecule has 0 atom stereocenters. The minimum atomic E-state index is -3.65. The highest BCUT2D eigenvalue weighted by atomic mass is 32.2. The zero-order valence-corrected chi connectivity index (χ0v) is 19.7. The molecule has 1 fully saturated rings. The smallest absolute Gasteiger partial charge is 0.243 e. The van der Waals surface area contributed by atoms with Crippen LogP contribution in [0.15, 0.2) is 27.4 Å². The summed E-state index contributed by atoms with van der Waals surface area (Å²) in [5, 5.41) is 14.6. The van der Waals surface area contributed by atoms with Crippen molar-refractivity contribution in [2.45, 2.75) is 16.2 Å². The zero-order chi connectivity index (χ0) is 22.3. The molecular weight excluding hydrogens is 462 g/mol. The summed E-state index contributed by atoms with van der Waals surface area (Å²) in [5.74, 6) is -0.126. The fourth-order valence-corrected chi connectivity index (χ4v) is 6.04. The van der Waals surface area contributed by atoms with Crippen molar-refractivity contribution in [3.05, 3.63) is 23.8 Å². The van der Waals surface area contributed by atoms with Gasteiger partial charge in [-0.15, -0.1) is 10.2 Å². The molecule has 2 aromatic rings. The highest BCUT2D eigenvalue weighted by molar-refractivity contribution is 8.01. The Bertz CT molecular complexity index is 992. The van der Waals surface area contributed by atoms with Crippen LogP contribution in [0.5, 0.6) is 0 Å². The highest BCUT2D eigenvalue weighted by Crippen LogP contribution is 2.27. The highest BCUT2D eigenvalue weighted by Gasteiger charge is 2.28. The Morgan fingerprint density at radius 1 is 1.32 bits per heavy atom. The number of aromatic nitrogens is 2. The average Bonchev–Trinajstić information content (AvgIpc) is 3.22. The van der Waals surface area contributed by atoms with Crippen LogP contribution in [0.4, 0.5) is 10.8 Å². The third-order valence-corrected chi connectivity index (χ3v) is 8.43. The largest absolute Gasteiger partial charge is 0.383 e. The fourth-order valence-electron chi connectivity index (χ4n) is 2.81. The molecule has 10 nitrogen and oxygen atoms in total. The minimum absolute atomic E-state index is 0.131. The summed E-state index contributed by atoms with van der Waals surface area (Å²) in [6.45, 7) is 4.31. The number of hydrogen-bond acceptors (Lipinski definition) is 10. The second-order valence-electron chi connectivity index (χ2n) is 6.63. The van der Waals surface area contributed by atoms with Gasteiger partial charge in [-0.1, -0.05) is 29.2 Å². The van der Waals surface area contributed by atoms with Crippen molar-refractivity contribution in [3.63, 3.8) is 0 Å². The third kappa shape index (κ3) is 6.60. The number of thioether (sulfide) groups is 1. The zero-order valence-electron chi connectivity index (χ0n) is 17.3. The SMILES string of the molecule is COCCNc1nnc(SCC(=O)Nc2ccc(C)c(S(=O)(=O)N3CCOCC3)c2)s1. The van der Waals surface area contributed by atoms with E-state index in [0.717, 1.165) is 0 Å². The predicted molar refractivity (Wildman–Crippen MR) is 120 cm³/mol. The van der Waals surface area contributed by atoms with E-state index in [9.17, 15) is 13.2 Å². The molecule has 0 bridgehead atoms. The molecule has 13 heteroatoms. The molecular formula is C18H25N5O5S3. The number of carbonyl (C=O) groups excluding carboxylic acids is 1. The van der Waals surface area contributed by atoms with Crippen molar-refractivity contribution in [1.82, 2.24) is 14.5 Å². The van der Waals surface area contributed by atoms with E-state index in [2.05, 4.69) is 20.8 Å². The number of sulfonamides is 1. The maximum Gasteiger partial charge on any atom is 0.243 e. The monoisotopic (exact) mass is 487 g/mol. The fraction of sp³-hybridized carbons (Fsp3) is 0.500. The van der Waals surface area contributed by atoms with Crippen LogP contribution in [0.3, 0.4) is 0 Å². The molecule has 1 saturated heterocycles. The van der Waals surface area contributed by atoms with Gasteiger partial charge < -0.3 is 20.1 Å². The van der Waals surface area contributed by atoms with Gasteiger partial charge in [-0.05, 0) is 24.6 Å². The Balaban J connectivity index is 1.58. The first-order valence-corrected chi connectivity index (χ1v) is 12.8. The molecule has 1 aromatic carbocycles. The van der Waals surface area contributed by atoms with Gasteiger partial charge in [0.25, 0.3) is 0 Å². The van der Waals surface area contributed by atoms with Crippen molar-refractivity contribution in [2.75, 3.05) is 63.0 Å². The Morgan fingerprint density at radius 2 is 2.10 bits per heavy atom. The van der Waals surface area contributed by atoms with E-state index >= 15 is 0 Å². The summed E-state index contributed by atoms with van der Waals surface area (Å²) in [6.07, 6.45) is 0. The van der Waals surface area contributed by atoms with Crippen LogP contribution in [0.2, 0.25) is 0 Å². The average molecular weight is 488 g/mol. The van der Waals surface area contributed by atoms with Crippen LogP contribution in [0.25, 0.3) is 0 Å². The van der Waals surface area contributed by atoms with Crippen molar-refractivity contribution in [1.29, 1.82) is 0 Å². The molecule has 0 saturated carbocycles. The van der Waals surface area contributed by atoms with Crippen LogP contribution in [-0.4, -0.2) is 81.1 Å². The number of nitrogens with one attached hydrogen (secondary N) is 2. The summed E-state index contributed by atoms with van der Waals surface area (Å²) in [5.41, 5.74) is 1.06. The number of carbonyl (C=O) groups is 1. The van der Waals surface area contributed by atoms with E-state index in [-0.39, 0.29) is 16.6 Å². The van der Waals surface area contributed by atoms with Crippen LogP contribution >= 0.6 is 23.1 Å². The van der Waals surface area contributed by atoms with Crippen LogP contribution in [-0.2, 0) is 24.3 Å². The van der Waals surface area contributed by atoms with Gasteiger partial charge in [-0.2, -0.15) is 4.31 Å². The number of ether oxygens (including phenoxy) is 2. The van der Waals surface area contributed by atoms with Gasteiger partial charge in [0, 0.05) is 32.4 Å². The van der Waals surface area contributed by atoms with Gasteiger partial charge in [0.15, 0.2) is 4.34 Å². The quantitative estimate of drug-likeness (QED) is 0.380. The Hall–Kier alpha value is -1.77. The normalized spacial score (nSPS) is 15.0. The molecule has 1 amide bonds. The van der Waals surface area contributed by atoms with E-state index in [0.29, 0.717) is 60.2 Å². The molecule has 170 valence electrons. The van der Waals surface area contributed by atoms with Gasteiger partial charge in [0.2, 0.25) is 21.1 Å². The third-order valence-electron chi connectivity index (χ3n) is 4.38. The first-order valence-electron chi connectivity index (χ1n) is 9.57. The van der Waals surface area contributed by atoms with E-state index in [1.54, 1.807) is 26.2 Å². The number of hydrogen-bond donors (Lipinski definition) is 2. The summed E-state index contributed by atoms with van der Waals surface area (Å²) < 4.78 is 38.2. The summed E-state index contributed by atoms with van der Waals surface area (Å²) >= 11 is 2.62. The maximum absolute atomic E-state index is 13.0. The molecule has 1 aliphatic rings. The molecule has 1 aromatic heterocycles. The van der Waals surface area contributed by atoms with Crippen LogP contribution < -0.4 is 10.6 Å². The second-order valence-corrected chi connectivity index (χ2v) is 10.7. The Kier molecular flexibility index (Phi) is 8.63. The number of amides is 1. The maximum atomic E-state index is 13.0. The molecule has 0 unspecified atom stereocenters. The number of aryl methyl sites for hydroxylation is 1. The molecule has 31 heavy (non-hydrogen) atoms. The molecule has 0 spiro atoms. The van der Waals surface area contributed by atoms with Gasteiger partial charge in [-0.25, -0.2) is 8.42 Å². The molecule has 0 aliphatic carbocycles. The van der Waals surface area contributed by atoms with E-state index < -0.39 is 10.0 Å². The number of nitrogens with zero attached hydrogens (tertiary/aromatic N) is 3. The second kappa shape index (κ2) is 11.2. The van der Waals surface area contributed by atoms with Gasteiger partial charge in [-0.3, -0.25) is 4.79 Å². The summed E-state index contributed by atoms with van der Waals surface area (Å²) in [6, 6.07) is 4.89. The Labute approximate surface area is 189 Å². The molecule has 0 radical (unpaired) electrons. The number of anilines is 2. The lowest BCUT2D eigenvalue weighted by molar-refractivity contribution is -0.113. The van der Waals surface area contributed by atoms with Crippen molar-refractivity contribution in [3.8, 4) is 0 Å². The van der Waals surface area contributed by atoms with E-state index in [1.807, 2.05) is 0 Å². The minimum Gasteiger partial charge on any atom is -0.383 e. The van der Waals surface area contributed by atoms with Gasteiger partial charge in [0.05, 0.1) is 30.5 Å². The summed E-state index contributed by atoms with van der Waals surface area (Å²) in [4.78, 5) is 12.6. The number of methoxy groups -OCH3 is 1. The molecule has 2 N–H and O–H groups in total. The van der Waals surface area contributed by atoms with Gasteiger partial charge in [0.1, 0.15) is 0 Å². The molecule has 2 heterocycles. The Morgan fingerprint density at radius 3 is 2.84 bits per heavy atom. The van der Waals surface area contributed by atoms with Gasteiger partial charge >= 0.3 is 0 Å². The first kappa shape index (κ1) is 23.9. The van der Waals surface area contributed by atoms with E-state index in [4.69, 9.17) is 9.47 Å². The van der Waals surface area contributed by atoms with Crippen molar-refractivity contribution in [2.24, 2.45) is 0 Å². The van der Waals surface area contributed by atoms with Crippen LogP contribution in [0.1, 0.15) is 5.56 Å². The standard InChI is InChI=1S/C18H25N5O5S3/c1-13-3-4-14(11-15(13)31(25,26)23-6-9-28-10-7-23)20-16(24)12-29-18-22-21-17(30-18)19-5-8-27-2/h3-4,11H,5-10,12H2,1-2H3,(H,19,21)(H,20,24). The molecule has 1 aliphatic heterocycles. The topological polar surface area (TPSA) is 123 Å². The predicted octanol–water partition coefficient (Wildman–Crippen LogP) is 1.66. The van der Waals surface area contributed by atoms with Crippen LogP contribution in [0, 0.1) is 6.92 Å². The number of rotatable bonds is 10.